The Morgan fingerprint density at radius 1 is 1.29 bits per heavy atom. The van der Waals surface area contributed by atoms with Crippen molar-refractivity contribution in [3.8, 4) is 0 Å². The minimum atomic E-state index is -0.749. The molecule has 0 aliphatic carbocycles. The molecule has 0 spiro atoms. The van der Waals surface area contributed by atoms with Crippen LogP contribution in [-0.4, -0.2) is 19.0 Å². The van der Waals surface area contributed by atoms with Crippen molar-refractivity contribution in [1.29, 1.82) is 0 Å². The largest absolute Gasteiger partial charge is 0.399 e. The van der Waals surface area contributed by atoms with Crippen molar-refractivity contribution in [2.24, 2.45) is 0 Å². The fraction of sp³-hybridized carbons (Fsp3) is 0.182. The van der Waals surface area contributed by atoms with Gasteiger partial charge in [-0.1, -0.05) is 0 Å². The van der Waals surface area contributed by atoms with Gasteiger partial charge in [0.05, 0.1) is 0 Å². The Hall–Kier alpha value is -2.11. The van der Waals surface area contributed by atoms with Gasteiger partial charge in [-0.2, -0.15) is 0 Å². The van der Waals surface area contributed by atoms with Gasteiger partial charge >= 0.3 is 0 Å². The van der Waals surface area contributed by atoms with E-state index in [0.29, 0.717) is 13.1 Å². The maximum atomic E-state index is 13.6. The Balaban J connectivity index is 2.39. The second kappa shape index (κ2) is 4.40. The van der Waals surface area contributed by atoms with E-state index >= 15 is 0 Å². The van der Waals surface area contributed by atoms with E-state index in [0.717, 1.165) is 12.1 Å². The van der Waals surface area contributed by atoms with Crippen molar-refractivity contribution in [1.82, 2.24) is 5.32 Å². The first-order valence-corrected chi connectivity index (χ1v) is 5.05. The summed E-state index contributed by atoms with van der Waals surface area (Å²) in [4.78, 5) is 12.4. The summed E-state index contributed by atoms with van der Waals surface area (Å²) in [7, 11) is 0. The molecule has 1 aromatic rings. The van der Waals surface area contributed by atoms with Crippen molar-refractivity contribution >= 4 is 17.3 Å². The average Bonchev–Trinajstić information content (AvgIpc) is 2.42. The molecule has 0 atom stereocenters. The lowest BCUT2D eigenvalue weighted by Crippen LogP contribution is -2.28. The van der Waals surface area contributed by atoms with Crippen LogP contribution in [0.3, 0.4) is 0 Å². The van der Waals surface area contributed by atoms with E-state index in [4.69, 9.17) is 5.73 Å². The molecular formula is C11H11F2N3O. The zero-order valence-electron chi connectivity index (χ0n) is 8.91. The van der Waals surface area contributed by atoms with Gasteiger partial charge in [0.15, 0.2) is 11.6 Å². The van der Waals surface area contributed by atoms with E-state index in [9.17, 15) is 13.6 Å². The number of nitrogens with zero attached hydrogens (tertiary/aromatic N) is 1. The molecule has 3 N–H and O–H groups in total. The Kier molecular flexibility index (Phi) is 2.95. The van der Waals surface area contributed by atoms with Gasteiger partial charge in [0.1, 0.15) is 5.69 Å². The summed E-state index contributed by atoms with van der Waals surface area (Å²) < 4.78 is 27.2. The van der Waals surface area contributed by atoms with E-state index in [2.05, 4.69) is 5.32 Å². The predicted octanol–water partition coefficient (Wildman–Crippen LogP) is 0.997. The molecule has 1 aromatic carbocycles. The zero-order chi connectivity index (χ0) is 12.4. The van der Waals surface area contributed by atoms with E-state index in [1.165, 1.54) is 17.2 Å². The molecule has 1 aliphatic heterocycles. The maximum Gasteiger partial charge on any atom is 0.245 e. The normalized spacial score (nSPS) is 15.6. The quantitative estimate of drug-likeness (QED) is 0.719. The number of hydrogen-bond donors (Lipinski definition) is 2. The van der Waals surface area contributed by atoms with Crippen LogP contribution in [0.1, 0.15) is 0 Å². The first-order valence-electron chi connectivity index (χ1n) is 5.05. The Bertz CT molecular complexity index is 465. The number of carbonyl (C=O) groups excluding carboxylic acids is 1. The van der Waals surface area contributed by atoms with Gasteiger partial charge in [-0.25, -0.2) is 8.78 Å². The standard InChI is InChI=1S/C11H11F2N3O/c12-8-5-7(14)6-9(13)11(8)16-3-1-10(17)15-2-4-16/h1,3,5-6H,2,4,14H2,(H,15,17). The highest BCUT2D eigenvalue weighted by Gasteiger charge is 2.17. The molecule has 0 fully saturated rings. The van der Waals surface area contributed by atoms with E-state index in [1.807, 2.05) is 0 Å². The molecule has 1 amide bonds. The summed E-state index contributed by atoms with van der Waals surface area (Å²) in [5.74, 6) is -1.79. The van der Waals surface area contributed by atoms with E-state index in [1.54, 1.807) is 0 Å². The van der Waals surface area contributed by atoms with Crippen molar-refractivity contribution in [2.75, 3.05) is 23.7 Å². The molecule has 90 valence electrons. The minimum absolute atomic E-state index is 0.0248. The Morgan fingerprint density at radius 2 is 1.94 bits per heavy atom. The third-order valence-electron chi connectivity index (χ3n) is 2.38. The van der Waals surface area contributed by atoms with Crippen molar-refractivity contribution in [3.05, 3.63) is 36.0 Å². The molecular weight excluding hydrogens is 228 g/mol. The number of rotatable bonds is 1. The van der Waals surface area contributed by atoms with Gasteiger partial charge < -0.3 is 16.0 Å². The average molecular weight is 239 g/mol. The molecule has 0 aromatic heterocycles. The SMILES string of the molecule is Nc1cc(F)c(N2C=CC(=O)NCC2)c(F)c1. The van der Waals surface area contributed by atoms with Crippen molar-refractivity contribution < 1.29 is 13.6 Å². The number of benzene rings is 1. The van der Waals surface area contributed by atoms with Crippen LogP contribution in [0.5, 0.6) is 0 Å². The number of anilines is 2. The highest BCUT2D eigenvalue weighted by molar-refractivity contribution is 5.88. The summed E-state index contributed by atoms with van der Waals surface area (Å²) in [6.45, 7) is 0.606. The molecule has 6 heteroatoms. The molecule has 0 radical (unpaired) electrons. The number of amides is 1. The van der Waals surface area contributed by atoms with Crippen LogP contribution in [0.15, 0.2) is 24.4 Å². The molecule has 17 heavy (non-hydrogen) atoms. The fourth-order valence-corrected chi connectivity index (χ4v) is 1.64. The summed E-state index contributed by atoms with van der Waals surface area (Å²) in [5.41, 5.74) is 5.15. The lowest BCUT2D eigenvalue weighted by molar-refractivity contribution is -0.116. The molecule has 0 unspecified atom stereocenters. The maximum absolute atomic E-state index is 13.6. The monoisotopic (exact) mass is 239 g/mol. The first kappa shape index (κ1) is 11.4. The van der Waals surface area contributed by atoms with Crippen LogP contribution in [0.2, 0.25) is 0 Å². The molecule has 1 heterocycles. The lowest BCUT2D eigenvalue weighted by atomic mass is 10.2. The number of nitrogens with two attached hydrogens (primary N) is 1. The molecule has 1 aliphatic rings. The number of hydrogen-bond acceptors (Lipinski definition) is 3. The van der Waals surface area contributed by atoms with Gasteiger partial charge in [-0.05, 0) is 12.1 Å². The highest BCUT2D eigenvalue weighted by atomic mass is 19.1. The number of nitrogens with one attached hydrogen (secondary N) is 1. The Labute approximate surface area is 96.7 Å². The molecule has 0 bridgehead atoms. The minimum Gasteiger partial charge on any atom is -0.399 e. The fourth-order valence-electron chi connectivity index (χ4n) is 1.64. The summed E-state index contributed by atoms with van der Waals surface area (Å²) in [5, 5.41) is 2.56. The van der Waals surface area contributed by atoms with Crippen LogP contribution < -0.4 is 16.0 Å². The first-order chi connectivity index (χ1) is 8.08. The Morgan fingerprint density at radius 3 is 2.59 bits per heavy atom. The van der Waals surface area contributed by atoms with Gasteiger partial charge in [0, 0.05) is 31.1 Å². The third-order valence-corrected chi connectivity index (χ3v) is 2.38. The molecule has 0 saturated heterocycles. The van der Waals surface area contributed by atoms with E-state index in [-0.39, 0.29) is 17.3 Å². The lowest BCUT2D eigenvalue weighted by Gasteiger charge is -2.20. The smallest absolute Gasteiger partial charge is 0.245 e. The summed E-state index contributed by atoms with van der Waals surface area (Å²) in [6.07, 6.45) is 2.57. The second-order valence-electron chi connectivity index (χ2n) is 3.63. The summed E-state index contributed by atoms with van der Waals surface area (Å²) >= 11 is 0. The summed E-state index contributed by atoms with van der Waals surface area (Å²) in [6, 6.07) is 2.10. The van der Waals surface area contributed by atoms with Crippen molar-refractivity contribution in [3.63, 3.8) is 0 Å². The van der Waals surface area contributed by atoms with Crippen LogP contribution in [-0.2, 0) is 4.79 Å². The number of nitrogen functional groups attached to an aromatic ring is 1. The van der Waals surface area contributed by atoms with E-state index < -0.39 is 11.6 Å². The van der Waals surface area contributed by atoms with Gasteiger partial charge in [-0.15, -0.1) is 0 Å². The van der Waals surface area contributed by atoms with Crippen LogP contribution >= 0.6 is 0 Å². The second-order valence-corrected chi connectivity index (χ2v) is 3.63. The van der Waals surface area contributed by atoms with Gasteiger partial charge in [-0.3, -0.25) is 4.79 Å². The van der Waals surface area contributed by atoms with Crippen LogP contribution in [0, 0.1) is 11.6 Å². The topological polar surface area (TPSA) is 58.4 Å². The number of carbonyl (C=O) groups is 1. The highest BCUT2D eigenvalue weighted by Crippen LogP contribution is 2.26. The zero-order valence-corrected chi connectivity index (χ0v) is 8.91. The van der Waals surface area contributed by atoms with Gasteiger partial charge in [0.2, 0.25) is 5.91 Å². The number of halogens is 2. The predicted molar refractivity (Wildman–Crippen MR) is 60.3 cm³/mol. The van der Waals surface area contributed by atoms with Gasteiger partial charge in [0.25, 0.3) is 0 Å². The van der Waals surface area contributed by atoms with Crippen LogP contribution in [0.25, 0.3) is 0 Å². The molecule has 0 saturated carbocycles. The molecule has 2 rings (SSSR count). The van der Waals surface area contributed by atoms with Crippen LogP contribution in [0.4, 0.5) is 20.2 Å². The third kappa shape index (κ3) is 2.35. The molecule has 4 nitrogen and oxygen atoms in total. The van der Waals surface area contributed by atoms with Crippen molar-refractivity contribution in [2.45, 2.75) is 0 Å².